The van der Waals surface area contributed by atoms with E-state index in [0.717, 1.165) is 22.6 Å². The van der Waals surface area contributed by atoms with Crippen LogP contribution in [0.3, 0.4) is 0 Å². The van der Waals surface area contributed by atoms with Crippen molar-refractivity contribution in [2.24, 2.45) is 0 Å². The summed E-state index contributed by atoms with van der Waals surface area (Å²) in [5, 5.41) is 9.56. The molecule has 0 spiro atoms. The van der Waals surface area contributed by atoms with E-state index in [1.165, 1.54) is 0 Å². The predicted octanol–water partition coefficient (Wildman–Crippen LogP) is 2.09. The molecule has 1 atom stereocenters. The molecule has 0 bridgehead atoms. The Morgan fingerprint density at radius 2 is 2.15 bits per heavy atom. The first-order valence-corrected chi connectivity index (χ1v) is 6.41. The van der Waals surface area contributed by atoms with Gasteiger partial charge < -0.3 is 10.3 Å². The highest BCUT2D eigenvalue weighted by molar-refractivity contribution is 5.92. The SMILES string of the molecule is Cc1cc(C(=O)NC(C)c2nc3ccccc3[nH]2)n[nH]1. The topological polar surface area (TPSA) is 86.5 Å². The van der Waals surface area contributed by atoms with Crippen LogP contribution >= 0.6 is 0 Å². The molecule has 0 aliphatic rings. The van der Waals surface area contributed by atoms with Gasteiger partial charge in [0.2, 0.25) is 0 Å². The molecule has 3 N–H and O–H groups in total. The van der Waals surface area contributed by atoms with E-state index in [0.29, 0.717) is 5.69 Å². The predicted molar refractivity (Wildman–Crippen MR) is 75.3 cm³/mol. The Hall–Kier alpha value is -2.63. The van der Waals surface area contributed by atoms with Gasteiger partial charge in [0, 0.05) is 5.69 Å². The molecule has 0 radical (unpaired) electrons. The summed E-state index contributed by atoms with van der Waals surface area (Å²) in [4.78, 5) is 19.7. The van der Waals surface area contributed by atoms with Crippen LogP contribution in [0.2, 0.25) is 0 Å². The fraction of sp³-hybridized carbons (Fsp3) is 0.214. The molecule has 3 aromatic rings. The summed E-state index contributed by atoms with van der Waals surface area (Å²) in [5.41, 5.74) is 3.08. The van der Waals surface area contributed by atoms with E-state index < -0.39 is 0 Å². The number of amides is 1. The molecule has 0 saturated heterocycles. The zero-order valence-electron chi connectivity index (χ0n) is 11.3. The molecule has 1 aromatic carbocycles. The maximum Gasteiger partial charge on any atom is 0.272 e. The third kappa shape index (κ3) is 2.27. The van der Waals surface area contributed by atoms with Crippen LogP contribution in [0.4, 0.5) is 0 Å². The second-order valence-electron chi connectivity index (χ2n) is 4.77. The molecular weight excluding hydrogens is 254 g/mol. The number of aromatic nitrogens is 4. The van der Waals surface area contributed by atoms with Crippen molar-refractivity contribution < 1.29 is 4.79 Å². The molecule has 2 heterocycles. The van der Waals surface area contributed by atoms with Crippen LogP contribution in [-0.2, 0) is 0 Å². The van der Waals surface area contributed by atoms with Crippen molar-refractivity contribution in [3.8, 4) is 0 Å². The minimum atomic E-state index is -0.220. The number of benzene rings is 1. The van der Waals surface area contributed by atoms with Gasteiger partial charge in [0.25, 0.3) is 5.91 Å². The summed E-state index contributed by atoms with van der Waals surface area (Å²) in [6.07, 6.45) is 0. The van der Waals surface area contributed by atoms with Gasteiger partial charge in [0.15, 0.2) is 0 Å². The van der Waals surface area contributed by atoms with E-state index in [1.54, 1.807) is 6.07 Å². The van der Waals surface area contributed by atoms with Crippen molar-refractivity contribution in [3.05, 3.63) is 47.5 Å². The van der Waals surface area contributed by atoms with E-state index in [9.17, 15) is 4.79 Å². The number of aromatic amines is 2. The first-order chi connectivity index (χ1) is 9.63. The van der Waals surface area contributed by atoms with E-state index in [1.807, 2.05) is 38.1 Å². The number of H-pyrrole nitrogens is 2. The van der Waals surface area contributed by atoms with E-state index in [4.69, 9.17) is 0 Å². The van der Waals surface area contributed by atoms with Crippen LogP contribution in [0.5, 0.6) is 0 Å². The Labute approximate surface area is 115 Å². The Morgan fingerprint density at radius 3 is 2.85 bits per heavy atom. The average molecular weight is 269 g/mol. The molecule has 2 aromatic heterocycles. The first kappa shape index (κ1) is 12.4. The van der Waals surface area contributed by atoms with Crippen LogP contribution in [-0.4, -0.2) is 26.1 Å². The van der Waals surface area contributed by atoms with E-state index in [2.05, 4.69) is 25.5 Å². The summed E-state index contributed by atoms with van der Waals surface area (Å²) >= 11 is 0. The molecule has 6 nitrogen and oxygen atoms in total. The molecule has 0 fully saturated rings. The largest absolute Gasteiger partial charge is 0.341 e. The van der Waals surface area contributed by atoms with Gasteiger partial charge in [-0.05, 0) is 32.0 Å². The van der Waals surface area contributed by atoms with Crippen LogP contribution in [0.15, 0.2) is 30.3 Å². The van der Waals surface area contributed by atoms with Crippen molar-refractivity contribution in [1.82, 2.24) is 25.5 Å². The lowest BCUT2D eigenvalue weighted by Crippen LogP contribution is -2.27. The molecule has 1 amide bonds. The van der Waals surface area contributed by atoms with Gasteiger partial charge >= 0.3 is 0 Å². The number of nitrogens with one attached hydrogen (secondary N) is 3. The molecule has 1 unspecified atom stereocenters. The van der Waals surface area contributed by atoms with Crippen molar-refractivity contribution in [3.63, 3.8) is 0 Å². The number of imidazole rings is 1. The molecule has 0 aliphatic carbocycles. The quantitative estimate of drug-likeness (QED) is 0.680. The maximum absolute atomic E-state index is 12.0. The summed E-state index contributed by atoms with van der Waals surface area (Å²) in [7, 11) is 0. The zero-order valence-corrected chi connectivity index (χ0v) is 11.3. The highest BCUT2D eigenvalue weighted by Crippen LogP contribution is 2.15. The third-order valence-electron chi connectivity index (χ3n) is 3.10. The standard InChI is InChI=1S/C14H15N5O/c1-8-7-12(19-18-8)14(20)15-9(2)13-16-10-5-3-4-6-11(10)17-13/h3-7,9H,1-2H3,(H,15,20)(H,16,17)(H,18,19). The molecule has 6 heteroatoms. The number of hydrogen-bond donors (Lipinski definition) is 3. The van der Waals surface area contributed by atoms with E-state index >= 15 is 0 Å². The first-order valence-electron chi connectivity index (χ1n) is 6.41. The number of hydrogen-bond acceptors (Lipinski definition) is 3. The fourth-order valence-electron chi connectivity index (χ4n) is 2.05. The van der Waals surface area contributed by atoms with Gasteiger partial charge in [-0.25, -0.2) is 4.98 Å². The van der Waals surface area contributed by atoms with Gasteiger partial charge in [-0.1, -0.05) is 12.1 Å². The normalized spacial score (nSPS) is 12.5. The maximum atomic E-state index is 12.0. The highest BCUT2D eigenvalue weighted by atomic mass is 16.2. The van der Waals surface area contributed by atoms with Crippen LogP contribution in [0, 0.1) is 6.92 Å². The van der Waals surface area contributed by atoms with Crippen molar-refractivity contribution in [2.75, 3.05) is 0 Å². The number of aryl methyl sites for hydroxylation is 1. The van der Waals surface area contributed by atoms with Crippen molar-refractivity contribution in [1.29, 1.82) is 0 Å². The Kier molecular flexibility index (Phi) is 2.98. The van der Waals surface area contributed by atoms with Crippen molar-refractivity contribution >= 4 is 16.9 Å². The number of carbonyl (C=O) groups is 1. The minimum absolute atomic E-state index is 0.216. The summed E-state index contributed by atoms with van der Waals surface area (Å²) < 4.78 is 0. The number of nitrogens with zero attached hydrogens (tertiary/aromatic N) is 2. The smallest absolute Gasteiger partial charge is 0.272 e. The minimum Gasteiger partial charge on any atom is -0.341 e. The Balaban J connectivity index is 1.78. The van der Waals surface area contributed by atoms with Gasteiger partial charge in [-0.2, -0.15) is 5.10 Å². The fourth-order valence-corrected chi connectivity index (χ4v) is 2.05. The second-order valence-corrected chi connectivity index (χ2v) is 4.77. The lowest BCUT2D eigenvalue weighted by molar-refractivity contribution is 0.0933. The lowest BCUT2D eigenvalue weighted by atomic mass is 10.3. The van der Waals surface area contributed by atoms with Gasteiger partial charge in [-0.15, -0.1) is 0 Å². The number of para-hydroxylation sites is 2. The zero-order chi connectivity index (χ0) is 14.1. The number of fused-ring (bicyclic) bond motifs is 1. The van der Waals surface area contributed by atoms with Gasteiger partial charge in [0.05, 0.1) is 17.1 Å². The average Bonchev–Trinajstić information content (AvgIpc) is 3.04. The van der Waals surface area contributed by atoms with Gasteiger partial charge in [-0.3, -0.25) is 9.89 Å². The molecule has 0 saturated carbocycles. The number of rotatable bonds is 3. The Bertz CT molecular complexity index is 725. The summed E-state index contributed by atoms with van der Waals surface area (Å²) in [6, 6.07) is 9.26. The van der Waals surface area contributed by atoms with Crippen LogP contribution in [0.25, 0.3) is 11.0 Å². The molecular formula is C14H15N5O. The summed E-state index contributed by atoms with van der Waals surface area (Å²) in [5.74, 6) is 0.508. The third-order valence-corrected chi connectivity index (χ3v) is 3.10. The highest BCUT2D eigenvalue weighted by Gasteiger charge is 2.16. The molecule has 0 aliphatic heterocycles. The van der Waals surface area contributed by atoms with Crippen LogP contribution in [0.1, 0.15) is 35.0 Å². The molecule has 3 rings (SSSR count). The number of carbonyl (C=O) groups excluding carboxylic acids is 1. The summed E-state index contributed by atoms with van der Waals surface area (Å²) in [6.45, 7) is 3.74. The monoisotopic (exact) mass is 269 g/mol. The molecule has 102 valence electrons. The van der Waals surface area contributed by atoms with Crippen molar-refractivity contribution in [2.45, 2.75) is 19.9 Å². The Morgan fingerprint density at radius 1 is 1.35 bits per heavy atom. The van der Waals surface area contributed by atoms with Crippen LogP contribution < -0.4 is 5.32 Å². The van der Waals surface area contributed by atoms with E-state index in [-0.39, 0.29) is 11.9 Å². The lowest BCUT2D eigenvalue weighted by Gasteiger charge is -2.09. The second kappa shape index (κ2) is 4.80. The van der Waals surface area contributed by atoms with Gasteiger partial charge in [0.1, 0.15) is 11.5 Å². The molecule has 20 heavy (non-hydrogen) atoms.